The fourth-order valence-corrected chi connectivity index (χ4v) is 5.05. The SMILES string of the molecule is CC[C@H](C(=O)NCC(C)C)N(Cc1ccccc1C)C(=O)CCCN1C(=O)c2cccc3cccc1c23. The van der Waals surface area contributed by atoms with Gasteiger partial charge in [-0.05, 0) is 54.3 Å². The number of aryl methyl sites for hydroxylation is 1. The summed E-state index contributed by atoms with van der Waals surface area (Å²) < 4.78 is 0. The molecular weight excluding hydrogens is 462 g/mol. The zero-order chi connectivity index (χ0) is 26.5. The number of carbonyl (C=O) groups excluding carboxylic acids is 3. The molecule has 0 unspecified atom stereocenters. The van der Waals surface area contributed by atoms with Crippen LogP contribution in [0.2, 0.25) is 0 Å². The molecule has 1 atom stereocenters. The highest BCUT2D eigenvalue weighted by Crippen LogP contribution is 2.37. The van der Waals surface area contributed by atoms with Gasteiger partial charge in [0.15, 0.2) is 0 Å². The van der Waals surface area contributed by atoms with Crippen LogP contribution in [0, 0.1) is 12.8 Å². The summed E-state index contributed by atoms with van der Waals surface area (Å²) in [7, 11) is 0. The van der Waals surface area contributed by atoms with Crippen LogP contribution in [-0.2, 0) is 16.1 Å². The average molecular weight is 500 g/mol. The van der Waals surface area contributed by atoms with Crippen LogP contribution in [0.5, 0.6) is 0 Å². The van der Waals surface area contributed by atoms with Crippen molar-refractivity contribution in [3.05, 3.63) is 77.4 Å². The van der Waals surface area contributed by atoms with Crippen molar-refractivity contribution in [2.75, 3.05) is 18.0 Å². The van der Waals surface area contributed by atoms with Crippen LogP contribution < -0.4 is 10.2 Å². The molecule has 6 heteroatoms. The first-order chi connectivity index (χ1) is 17.8. The number of carbonyl (C=O) groups is 3. The standard InChI is InChI=1S/C31H37N3O3/c1-5-26(30(36)32-19-21(2)3)34(20-24-12-7-6-11-22(24)4)28(35)17-10-18-33-27-16-9-14-23-13-8-15-25(29(23)27)31(33)37/h6-9,11-16,21,26H,5,10,17-20H2,1-4H3,(H,32,36)/t26-/m1/s1. The number of anilines is 1. The van der Waals surface area contributed by atoms with Crippen molar-refractivity contribution < 1.29 is 14.4 Å². The first-order valence-electron chi connectivity index (χ1n) is 13.3. The van der Waals surface area contributed by atoms with Gasteiger partial charge in [0.1, 0.15) is 6.04 Å². The lowest BCUT2D eigenvalue weighted by Gasteiger charge is -2.31. The van der Waals surface area contributed by atoms with Gasteiger partial charge in [0.05, 0.1) is 5.69 Å². The molecule has 1 N–H and O–H groups in total. The third-order valence-corrected chi connectivity index (χ3v) is 7.09. The van der Waals surface area contributed by atoms with Gasteiger partial charge in [-0.15, -0.1) is 0 Å². The van der Waals surface area contributed by atoms with Gasteiger partial charge in [0.25, 0.3) is 5.91 Å². The largest absolute Gasteiger partial charge is 0.354 e. The predicted molar refractivity (Wildman–Crippen MR) is 149 cm³/mol. The molecule has 37 heavy (non-hydrogen) atoms. The second kappa shape index (κ2) is 11.6. The van der Waals surface area contributed by atoms with E-state index in [4.69, 9.17) is 0 Å². The van der Waals surface area contributed by atoms with Gasteiger partial charge >= 0.3 is 0 Å². The van der Waals surface area contributed by atoms with E-state index in [-0.39, 0.29) is 24.1 Å². The second-order valence-electron chi connectivity index (χ2n) is 10.3. The summed E-state index contributed by atoms with van der Waals surface area (Å²) in [5.41, 5.74) is 3.74. The van der Waals surface area contributed by atoms with Crippen LogP contribution >= 0.6 is 0 Å². The van der Waals surface area contributed by atoms with Crippen LogP contribution in [0.1, 0.15) is 61.5 Å². The van der Waals surface area contributed by atoms with Gasteiger partial charge in [0, 0.05) is 37.0 Å². The molecule has 0 saturated heterocycles. The highest BCUT2D eigenvalue weighted by atomic mass is 16.2. The fraction of sp³-hybridized carbons (Fsp3) is 0.387. The number of nitrogens with one attached hydrogen (secondary N) is 1. The lowest BCUT2D eigenvalue weighted by Crippen LogP contribution is -2.49. The van der Waals surface area contributed by atoms with Crippen molar-refractivity contribution in [3.63, 3.8) is 0 Å². The van der Waals surface area contributed by atoms with Gasteiger partial charge in [-0.2, -0.15) is 0 Å². The molecule has 4 rings (SSSR count). The highest BCUT2D eigenvalue weighted by molar-refractivity contribution is 6.25. The van der Waals surface area contributed by atoms with E-state index >= 15 is 0 Å². The van der Waals surface area contributed by atoms with E-state index in [0.29, 0.717) is 44.0 Å². The maximum atomic E-state index is 13.6. The molecule has 194 valence electrons. The molecule has 0 radical (unpaired) electrons. The van der Waals surface area contributed by atoms with E-state index in [9.17, 15) is 14.4 Å². The fourth-order valence-electron chi connectivity index (χ4n) is 5.05. The van der Waals surface area contributed by atoms with E-state index in [1.807, 2.05) is 74.5 Å². The number of benzene rings is 3. The molecule has 3 amide bonds. The molecular formula is C31H37N3O3. The van der Waals surface area contributed by atoms with Gasteiger partial charge in [-0.3, -0.25) is 14.4 Å². The first kappa shape index (κ1) is 26.4. The Labute approximate surface area is 219 Å². The lowest BCUT2D eigenvalue weighted by molar-refractivity contribution is -0.141. The first-order valence-corrected chi connectivity index (χ1v) is 13.3. The van der Waals surface area contributed by atoms with Gasteiger partial charge in [0.2, 0.25) is 11.8 Å². The predicted octanol–water partition coefficient (Wildman–Crippen LogP) is 5.47. The molecule has 1 aliphatic rings. The number of rotatable bonds is 11. The Morgan fingerprint density at radius 2 is 1.73 bits per heavy atom. The van der Waals surface area contributed by atoms with E-state index in [2.05, 4.69) is 19.2 Å². The van der Waals surface area contributed by atoms with Crippen LogP contribution in [0.4, 0.5) is 5.69 Å². The van der Waals surface area contributed by atoms with Crippen LogP contribution in [0.3, 0.4) is 0 Å². The minimum absolute atomic E-state index is 0.0180. The van der Waals surface area contributed by atoms with Crippen molar-refractivity contribution in [1.82, 2.24) is 10.2 Å². The molecule has 1 aliphatic heterocycles. The zero-order valence-electron chi connectivity index (χ0n) is 22.3. The number of nitrogens with zero attached hydrogens (tertiary/aromatic N) is 2. The molecule has 1 heterocycles. The number of hydrogen-bond donors (Lipinski definition) is 1. The molecule has 0 spiro atoms. The molecule has 0 aromatic heterocycles. The Morgan fingerprint density at radius 3 is 2.43 bits per heavy atom. The summed E-state index contributed by atoms with van der Waals surface area (Å²) in [6, 6.07) is 19.2. The summed E-state index contributed by atoms with van der Waals surface area (Å²) in [4.78, 5) is 43.3. The third kappa shape index (κ3) is 5.68. The second-order valence-corrected chi connectivity index (χ2v) is 10.3. The van der Waals surface area contributed by atoms with Crippen molar-refractivity contribution in [3.8, 4) is 0 Å². The summed E-state index contributed by atoms with van der Waals surface area (Å²) >= 11 is 0. The lowest BCUT2D eigenvalue weighted by atomic mass is 10.0. The summed E-state index contributed by atoms with van der Waals surface area (Å²) in [5, 5.41) is 5.04. The minimum atomic E-state index is -0.544. The molecule has 3 aromatic rings. The van der Waals surface area contributed by atoms with E-state index in [1.165, 1.54) is 0 Å². The Kier molecular flexibility index (Phi) is 8.27. The van der Waals surface area contributed by atoms with Gasteiger partial charge in [-0.25, -0.2) is 0 Å². The Morgan fingerprint density at radius 1 is 1.00 bits per heavy atom. The van der Waals surface area contributed by atoms with Crippen molar-refractivity contribution in [2.45, 2.75) is 59.5 Å². The average Bonchev–Trinajstić information content (AvgIpc) is 3.16. The van der Waals surface area contributed by atoms with Gasteiger partial charge in [-0.1, -0.05) is 69.3 Å². The zero-order valence-corrected chi connectivity index (χ0v) is 22.3. The van der Waals surface area contributed by atoms with E-state index in [1.54, 1.807) is 9.80 Å². The molecule has 0 aliphatic carbocycles. The van der Waals surface area contributed by atoms with Crippen LogP contribution in [-0.4, -0.2) is 41.8 Å². The number of hydrogen-bond acceptors (Lipinski definition) is 3. The Hall–Kier alpha value is -3.67. The third-order valence-electron chi connectivity index (χ3n) is 7.09. The number of amides is 3. The molecule has 0 fully saturated rings. The Balaban J connectivity index is 1.49. The topological polar surface area (TPSA) is 69.7 Å². The summed E-state index contributed by atoms with van der Waals surface area (Å²) in [6.07, 6.45) is 1.31. The van der Waals surface area contributed by atoms with Crippen molar-refractivity contribution >= 4 is 34.2 Å². The molecule has 3 aromatic carbocycles. The summed E-state index contributed by atoms with van der Waals surface area (Å²) in [5.74, 6) is 0.121. The van der Waals surface area contributed by atoms with Crippen LogP contribution in [0.25, 0.3) is 10.8 Å². The highest BCUT2D eigenvalue weighted by Gasteiger charge is 2.31. The van der Waals surface area contributed by atoms with Crippen LogP contribution in [0.15, 0.2) is 60.7 Å². The molecule has 0 saturated carbocycles. The Bertz CT molecular complexity index is 1290. The quantitative estimate of drug-likeness (QED) is 0.380. The van der Waals surface area contributed by atoms with Crippen molar-refractivity contribution in [2.24, 2.45) is 5.92 Å². The van der Waals surface area contributed by atoms with Crippen molar-refractivity contribution in [1.29, 1.82) is 0 Å². The summed E-state index contributed by atoms with van der Waals surface area (Å²) in [6.45, 7) is 9.48. The maximum Gasteiger partial charge on any atom is 0.258 e. The smallest absolute Gasteiger partial charge is 0.258 e. The van der Waals surface area contributed by atoms with E-state index in [0.717, 1.165) is 27.6 Å². The maximum absolute atomic E-state index is 13.6. The van der Waals surface area contributed by atoms with Gasteiger partial charge < -0.3 is 15.1 Å². The molecule has 6 nitrogen and oxygen atoms in total. The minimum Gasteiger partial charge on any atom is -0.354 e. The monoisotopic (exact) mass is 499 g/mol. The van der Waals surface area contributed by atoms with E-state index < -0.39 is 6.04 Å². The molecule has 0 bridgehead atoms. The normalized spacial score (nSPS) is 13.3.